The lowest BCUT2D eigenvalue weighted by Gasteiger charge is -2.22. The Morgan fingerprint density at radius 1 is 1.33 bits per heavy atom. The summed E-state index contributed by atoms with van der Waals surface area (Å²) in [6, 6.07) is 7.11. The second-order valence-corrected chi connectivity index (χ2v) is 6.85. The summed E-state index contributed by atoms with van der Waals surface area (Å²) < 4.78 is 5.23. The Balaban J connectivity index is 1.78. The first-order valence-corrected chi connectivity index (χ1v) is 7.99. The number of nitrogens with one attached hydrogen (secondary N) is 1. The zero-order valence-corrected chi connectivity index (χ0v) is 14.1. The Labute approximate surface area is 140 Å². The number of hydrogen-bond donors (Lipinski definition) is 1. The number of pyridine rings is 1. The van der Waals surface area contributed by atoms with E-state index in [0.29, 0.717) is 13.0 Å². The molecule has 0 saturated carbocycles. The summed E-state index contributed by atoms with van der Waals surface area (Å²) in [5.41, 5.74) is 0.252. The summed E-state index contributed by atoms with van der Waals surface area (Å²) >= 11 is 0. The number of amides is 2. The van der Waals surface area contributed by atoms with Crippen LogP contribution in [0.5, 0.6) is 0 Å². The molecule has 1 aromatic carbocycles. The first-order valence-electron chi connectivity index (χ1n) is 7.99. The average molecular weight is 327 g/mol. The predicted molar refractivity (Wildman–Crippen MR) is 91.9 cm³/mol. The van der Waals surface area contributed by atoms with E-state index in [2.05, 4.69) is 10.3 Å². The zero-order valence-electron chi connectivity index (χ0n) is 14.1. The number of anilines is 1. The van der Waals surface area contributed by atoms with Gasteiger partial charge in [0.25, 0.3) is 0 Å². The summed E-state index contributed by atoms with van der Waals surface area (Å²) in [6.45, 7) is 5.93. The fourth-order valence-corrected chi connectivity index (χ4v) is 2.84. The molecule has 1 aromatic heterocycles. The number of nitrogens with zero attached hydrogens (tertiary/aromatic N) is 2. The quantitative estimate of drug-likeness (QED) is 0.920. The van der Waals surface area contributed by atoms with Crippen molar-refractivity contribution in [1.29, 1.82) is 0 Å². The van der Waals surface area contributed by atoms with Gasteiger partial charge in [-0.05, 0) is 39.3 Å². The first-order chi connectivity index (χ1) is 11.3. The maximum absolute atomic E-state index is 12.7. The van der Waals surface area contributed by atoms with Crippen molar-refractivity contribution in [3.05, 3.63) is 36.7 Å². The Bertz CT molecular complexity index is 777. The van der Waals surface area contributed by atoms with Crippen LogP contribution in [0.2, 0.25) is 0 Å². The van der Waals surface area contributed by atoms with Crippen molar-refractivity contribution in [3.63, 3.8) is 0 Å². The number of rotatable bonds is 2. The molecule has 0 unspecified atom stereocenters. The van der Waals surface area contributed by atoms with Crippen LogP contribution >= 0.6 is 0 Å². The van der Waals surface area contributed by atoms with Crippen molar-refractivity contribution in [3.8, 4) is 0 Å². The lowest BCUT2D eigenvalue weighted by atomic mass is 10.1. The van der Waals surface area contributed by atoms with Gasteiger partial charge in [0.15, 0.2) is 0 Å². The minimum absolute atomic E-state index is 0.120. The molecule has 0 radical (unpaired) electrons. The van der Waals surface area contributed by atoms with Gasteiger partial charge in [-0.1, -0.05) is 12.1 Å². The van der Waals surface area contributed by atoms with Crippen LogP contribution in [0.3, 0.4) is 0 Å². The van der Waals surface area contributed by atoms with Crippen molar-refractivity contribution < 1.29 is 14.3 Å². The molecule has 6 nitrogen and oxygen atoms in total. The second kappa shape index (κ2) is 6.11. The third-order valence-electron chi connectivity index (χ3n) is 3.84. The van der Waals surface area contributed by atoms with E-state index in [-0.39, 0.29) is 5.91 Å². The van der Waals surface area contributed by atoms with Gasteiger partial charge in [-0.25, -0.2) is 4.79 Å². The molecule has 0 aliphatic carbocycles. The highest BCUT2D eigenvalue weighted by atomic mass is 16.6. The first kappa shape index (κ1) is 16.2. The minimum Gasteiger partial charge on any atom is -0.444 e. The molecule has 6 heteroatoms. The monoisotopic (exact) mass is 327 g/mol. The van der Waals surface area contributed by atoms with E-state index < -0.39 is 17.7 Å². The van der Waals surface area contributed by atoms with Crippen LogP contribution in [0.4, 0.5) is 10.5 Å². The molecule has 1 saturated heterocycles. The summed E-state index contributed by atoms with van der Waals surface area (Å²) in [7, 11) is 0. The smallest absolute Gasteiger partial charge is 0.408 e. The van der Waals surface area contributed by atoms with Crippen LogP contribution in [-0.4, -0.2) is 35.2 Å². The van der Waals surface area contributed by atoms with Gasteiger partial charge in [0.2, 0.25) is 5.91 Å². The number of fused-ring (bicyclic) bond motifs is 1. The number of carbonyl (C=O) groups excluding carboxylic acids is 2. The van der Waals surface area contributed by atoms with Gasteiger partial charge in [0, 0.05) is 29.7 Å². The van der Waals surface area contributed by atoms with Crippen LogP contribution in [-0.2, 0) is 9.53 Å². The maximum Gasteiger partial charge on any atom is 0.408 e. The molecule has 1 aliphatic rings. The Morgan fingerprint density at radius 3 is 2.88 bits per heavy atom. The van der Waals surface area contributed by atoms with Crippen molar-refractivity contribution in [1.82, 2.24) is 10.3 Å². The Hall–Kier alpha value is -2.63. The summed E-state index contributed by atoms with van der Waals surface area (Å²) in [6.07, 6.45) is 3.47. The van der Waals surface area contributed by atoms with Gasteiger partial charge in [0.1, 0.15) is 11.6 Å². The minimum atomic E-state index is -0.589. The van der Waals surface area contributed by atoms with E-state index in [1.54, 1.807) is 38.1 Å². The van der Waals surface area contributed by atoms with E-state index in [4.69, 9.17) is 4.74 Å². The van der Waals surface area contributed by atoms with Crippen LogP contribution in [0.1, 0.15) is 27.2 Å². The van der Waals surface area contributed by atoms with Gasteiger partial charge in [-0.15, -0.1) is 0 Å². The van der Waals surface area contributed by atoms with Crippen LogP contribution < -0.4 is 10.2 Å². The lowest BCUT2D eigenvalue weighted by molar-refractivity contribution is -0.118. The van der Waals surface area contributed by atoms with E-state index >= 15 is 0 Å². The number of carbonyl (C=O) groups is 2. The molecule has 0 bridgehead atoms. The third-order valence-corrected chi connectivity index (χ3v) is 3.84. The Morgan fingerprint density at radius 2 is 2.12 bits per heavy atom. The zero-order chi connectivity index (χ0) is 17.3. The molecular weight excluding hydrogens is 306 g/mol. The molecular formula is C18H21N3O3. The number of aromatic nitrogens is 1. The van der Waals surface area contributed by atoms with E-state index in [1.165, 1.54) is 0 Å². The third kappa shape index (κ3) is 3.32. The molecule has 1 fully saturated rings. The van der Waals surface area contributed by atoms with Crippen molar-refractivity contribution >= 4 is 28.5 Å². The highest BCUT2D eigenvalue weighted by Gasteiger charge is 2.35. The topological polar surface area (TPSA) is 71.5 Å². The number of hydrogen-bond acceptors (Lipinski definition) is 4. The molecule has 3 rings (SSSR count). The molecule has 24 heavy (non-hydrogen) atoms. The number of benzene rings is 1. The van der Waals surface area contributed by atoms with Gasteiger partial charge >= 0.3 is 6.09 Å². The highest BCUT2D eigenvalue weighted by Crippen LogP contribution is 2.29. The van der Waals surface area contributed by atoms with Crippen molar-refractivity contribution in [2.75, 3.05) is 11.4 Å². The standard InChI is InChI=1S/C18H21N3O3/c1-18(2,3)24-17(23)20-14-8-10-21(16(14)22)15-6-4-5-12-11-19-9-7-13(12)15/h4-7,9,11,14H,8,10H2,1-3H3,(H,20,23)/t14-/m0/s1. The van der Waals surface area contributed by atoms with Crippen molar-refractivity contribution in [2.45, 2.75) is 38.8 Å². The predicted octanol–water partition coefficient (Wildman–Crippen LogP) is 2.86. The molecule has 1 atom stereocenters. The Kier molecular flexibility index (Phi) is 4.13. The molecule has 1 N–H and O–H groups in total. The van der Waals surface area contributed by atoms with Gasteiger partial charge in [0.05, 0.1) is 5.69 Å². The SMILES string of the molecule is CC(C)(C)OC(=O)N[C@H]1CCN(c2cccc3cnccc23)C1=O. The molecule has 1 aliphatic heterocycles. The van der Waals surface area contributed by atoms with Crippen LogP contribution in [0.25, 0.3) is 10.8 Å². The van der Waals surface area contributed by atoms with Crippen LogP contribution in [0.15, 0.2) is 36.7 Å². The van der Waals surface area contributed by atoms with E-state index in [0.717, 1.165) is 16.5 Å². The fourth-order valence-electron chi connectivity index (χ4n) is 2.84. The van der Waals surface area contributed by atoms with Crippen molar-refractivity contribution in [2.24, 2.45) is 0 Å². The molecule has 2 amide bonds. The average Bonchev–Trinajstić information content (AvgIpc) is 2.86. The molecule has 2 heterocycles. The summed E-state index contributed by atoms with van der Waals surface area (Å²) in [5.74, 6) is -0.120. The van der Waals surface area contributed by atoms with E-state index in [1.807, 2.05) is 24.3 Å². The molecule has 2 aromatic rings. The van der Waals surface area contributed by atoms with Gasteiger partial charge in [-0.3, -0.25) is 9.78 Å². The summed E-state index contributed by atoms with van der Waals surface area (Å²) in [5, 5.41) is 4.62. The number of ether oxygens (including phenoxy) is 1. The van der Waals surface area contributed by atoms with Crippen LogP contribution in [0, 0.1) is 0 Å². The maximum atomic E-state index is 12.7. The number of alkyl carbamates (subject to hydrolysis) is 1. The summed E-state index contributed by atoms with van der Waals surface area (Å²) in [4.78, 5) is 30.4. The second-order valence-electron chi connectivity index (χ2n) is 6.85. The largest absolute Gasteiger partial charge is 0.444 e. The van der Waals surface area contributed by atoms with E-state index in [9.17, 15) is 9.59 Å². The fraction of sp³-hybridized carbons (Fsp3) is 0.389. The highest BCUT2D eigenvalue weighted by molar-refractivity contribution is 6.07. The molecule has 0 spiro atoms. The normalized spacial score (nSPS) is 18.0. The molecule has 126 valence electrons. The lowest BCUT2D eigenvalue weighted by Crippen LogP contribution is -2.43. The van der Waals surface area contributed by atoms with Gasteiger partial charge < -0.3 is 15.0 Å². The van der Waals surface area contributed by atoms with Gasteiger partial charge in [-0.2, -0.15) is 0 Å².